The van der Waals surface area contributed by atoms with Crippen LogP contribution in [0.1, 0.15) is 25.3 Å². The highest BCUT2D eigenvalue weighted by molar-refractivity contribution is 5.09. The Bertz CT molecular complexity index is 372. The van der Waals surface area contributed by atoms with E-state index < -0.39 is 0 Å². The highest BCUT2D eigenvalue weighted by Gasteiger charge is 2.29. The quantitative estimate of drug-likeness (QED) is 0.759. The van der Waals surface area contributed by atoms with Crippen LogP contribution in [0.25, 0.3) is 0 Å². The van der Waals surface area contributed by atoms with Gasteiger partial charge < -0.3 is 0 Å². The molecule has 0 radical (unpaired) electrons. The maximum Gasteiger partial charge on any atom is 0.0687 e. The topological polar surface area (TPSA) is 39.9 Å². The molecule has 3 heteroatoms. The Morgan fingerprint density at radius 3 is 2.81 bits per heavy atom. The maximum absolute atomic E-state index is 9.05. The molecule has 16 heavy (non-hydrogen) atoms. The highest BCUT2D eigenvalue weighted by atomic mass is 15.1. The van der Waals surface area contributed by atoms with Crippen LogP contribution in [0.3, 0.4) is 0 Å². The van der Waals surface area contributed by atoms with Crippen molar-refractivity contribution in [2.24, 2.45) is 5.41 Å². The maximum atomic E-state index is 9.05. The van der Waals surface area contributed by atoms with Gasteiger partial charge in [-0.2, -0.15) is 5.26 Å². The second-order valence-electron chi connectivity index (χ2n) is 4.81. The Balaban J connectivity index is 1.89. The number of aromatic nitrogens is 1. The molecule has 1 aliphatic rings. The Morgan fingerprint density at radius 1 is 1.50 bits per heavy atom. The smallest absolute Gasteiger partial charge is 0.0687 e. The van der Waals surface area contributed by atoms with Crippen LogP contribution in [0.4, 0.5) is 0 Å². The van der Waals surface area contributed by atoms with Crippen molar-refractivity contribution >= 4 is 0 Å². The molecule has 1 fully saturated rings. The summed E-state index contributed by atoms with van der Waals surface area (Å²) in [6.07, 6.45) is 5.66. The molecule has 0 saturated carbocycles. The van der Waals surface area contributed by atoms with Crippen molar-refractivity contribution in [1.82, 2.24) is 9.88 Å². The van der Waals surface area contributed by atoms with E-state index in [1.54, 1.807) is 6.20 Å². The van der Waals surface area contributed by atoms with Crippen LogP contribution in [0.15, 0.2) is 24.5 Å². The summed E-state index contributed by atoms with van der Waals surface area (Å²) in [7, 11) is 0. The van der Waals surface area contributed by atoms with Crippen LogP contribution in [0.5, 0.6) is 0 Å². The molecule has 2 rings (SSSR count). The first-order valence-electron chi connectivity index (χ1n) is 5.74. The van der Waals surface area contributed by atoms with E-state index in [2.05, 4.69) is 28.9 Å². The third-order valence-corrected chi connectivity index (χ3v) is 3.36. The number of nitrogens with zero attached hydrogens (tertiary/aromatic N) is 3. The van der Waals surface area contributed by atoms with Gasteiger partial charge in [-0.05, 0) is 44.5 Å². The number of pyridine rings is 1. The van der Waals surface area contributed by atoms with Gasteiger partial charge in [-0.1, -0.05) is 6.07 Å². The van der Waals surface area contributed by atoms with E-state index in [1.807, 2.05) is 12.3 Å². The number of likely N-dealkylation sites (tertiary alicyclic amines) is 1. The zero-order chi connectivity index (χ0) is 11.4. The highest BCUT2D eigenvalue weighted by Crippen LogP contribution is 2.30. The molecule has 84 valence electrons. The van der Waals surface area contributed by atoms with Crippen molar-refractivity contribution in [3.63, 3.8) is 0 Å². The zero-order valence-electron chi connectivity index (χ0n) is 9.69. The number of hydrogen-bond acceptors (Lipinski definition) is 3. The van der Waals surface area contributed by atoms with Crippen molar-refractivity contribution in [1.29, 1.82) is 5.26 Å². The number of rotatable bonds is 2. The lowest BCUT2D eigenvalue weighted by Gasteiger charge is -2.34. The molecule has 1 aromatic rings. The fourth-order valence-electron chi connectivity index (χ4n) is 2.07. The van der Waals surface area contributed by atoms with E-state index in [0.29, 0.717) is 0 Å². The van der Waals surface area contributed by atoms with Gasteiger partial charge >= 0.3 is 0 Å². The Kier molecular flexibility index (Phi) is 3.21. The zero-order valence-corrected chi connectivity index (χ0v) is 9.69. The molecule has 0 N–H and O–H groups in total. The second-order valence-corrected chi connectivity index (χ2v) is 4.81. The van der Waals surface area contributed by atoms with Crippen molar-refractivity contribution in [2.45, 2.75) is 26.3 Å². The molecule has 0 aliphatic carbocycles. The normalized spacial score (nSPS) is 20.2. The van der Waals surface area contributed by atoms with E-state index in [1.165, 1.54) is 5.56 Å². The van der Waals surface area contributed by atoms with Gasteiger partial charge in [-0.15, -0.1) is 0 Å². The average molecular weight is 215 g/mol. The minimum absolute atomic E-state index is 0.106. The summed E-state index contributed by atoms with van der Waals surface area (Å²) in [5.41, 5.74) is 1.15. The first-order chi connectivity index (χ1) is 7.72. The molecule has 1 aromatic heterocycles. The van der Waals surface area contributed by atoms with Crippen LogP contribution in [-0.4, -0.2) is 23.0 Å². The van der Waals surface area contributed by atoms with Crippen molar-refractivity contribution in [3.8, 4) is 6.07 Å². The van der Waals surface area contributed by atoms with E-state index in [0.717, 1.165) is 32.5 Å². The third-order valence-electron chi connectivity index (χ3n) is 3.36. The first-order valence-corrected chi connectivity index (χ1v) is 5.74. The Labute approximate surface area is 96.7 Å². The molecular weight excluding hydrogens is 198 g/mol. The largest absolute Gasteiger partial charge is 0.299 e. The molecule has 0 unspecified atom stereocenters. The van der Waals surface area contributed by atoms with Crippen LogP contribution in [0.2, 0.25) is 0 Å². The van der Waals surface area contributed by atoms with E-state index in [9.17, 15) is 0 Å². The lowest BCUT2D eigenvalue weighted by molar-refractivity contribution is 0.150. The standard InChI is InChI=1S/C13H17N3/c1-13(11-14)4-7-16(8-5-13)10-12-3-2-6-15-9-12/h2-3,6,9H,4-5,7-8,10H2,1H3. The summed E-state index contributed by atoms with van der Waals surface area (Å²) >= 11 is 0. The van der Waals surface area contributed by atoms with Crippen LogP contribution >= 0.6 is 0 Å². The predicted molar refractivity (Wildman–Crippen MR) is 62.5 cm³/mol. The van der Waals surface area contributed by atoms with Crippen molar-refractivity contribution in [3.05, 3.63) is 30.1 Å². The number of hydrogen-bond donors (Lipinski definition) is 0. The molecular formula is C13H17N3. The molecule has 1 aliphatic heterocycles. The van der Waals surface area contributed by atoms with Crippen molar-refractivity contribution < 1.29 is 0 Å². The van der Waals surface area contributed by atoms with Gasteiger partial charge in [-0.25, -0.2) is 0 Å². The Morgan fingerprint density at radius 2 is 2.25 bits per heavy atom. The molecule has 0 spiro atoms. The molecule has 0 amide bonds. The lowest BCUT2D eigenvalue weighted by atomic mass is 9.82. The average Bonchev–Trinajstić information content (AvgIpc) is 2.34. The summed E-state index contributed by atoms with van der Waals surface area (Å²) in [5, 5.41) is 9.05. The van der Waals surface area contributed by atoms with Gasteiger partial charge in [0.1, 0.15) is 0 Å². The minimum Gasteiger partial charge on any atom is -0.299 e. The molecule has 0 aromatic carbocycles. The van der Waals surface area contributed by atoms with Crippen molar-refractivity contribution in [2.75, 3.05) is 13.1 Å². The monoisotopic (exact) mass is 215 g/mol. The summed E-state index contributed by atoms with van der Waals surface area (Å²) in [6.45, 7) is 5.04. The number of piperidine rings is 1. The first kappa shape index (κ1) is 11.1. The SMILES string of the molecule is CC1(C#N)CCN(Cc2cccnc2)CC1. The third kappa shape index (κ3) is 2.59. The van der Waals surface area contributed by atoms with Gasteiger partial charge in [-0.3, -0.25) is 9.88 Å². The van der Waals surface area contributed by atoms with Crippen LogP contribution in [-0.2, 0) is 6.54 Å². The van der Waals surface area contributed by atoms with Gasteiger partial charge in [0.2, 0.25) is 0 Å². The fourth-order valence-corrected chi connectivity index (χ4v) is 2.07. The van der Waals surface area contributed by atoms with Crippen LogP contribution < -0.4 is 0 Å². The second kappa shape index (κ2) is 4.63. The molecule has 0 atom stereocenters. The molecule has 1 saturated heterocycles. The molecule has 3 nitrogen and oxygen atoms in total. The minimum atomic E-state index is -0.106. The van der Waals surface area contributed by atoms with E-state index in [4.69, 9.17) is 5.26 Å². The van der Waals surface area contributed by atoms with Crippen LogP contribution in [0, 0.1) is 16.7 Å². The molecule has 0 bridgehead atoms. The van der Waals surface area contributed by atoms with E-state index in [-0.39, 0.29) is 5.41 Å². The van der Waals surface area contributed by atoms with Gasteiger partial charge in [0, 0.05) is 18.9 Å². The molecule has 2 heterocycles. The van der Waals surface area contributed by atoms with Gasteiger partial charge in [0.15, 0.2) is 0 Å². The number of nitriles is 1. The summed E-state index contributed by atoms with van der Waals surface area (Å²) in [4.78, 5) is 6.51. The summed E-state index contributed by atoms with van der Waals surface area (Å²) in [5.74, 6) is 0. The fraction of sp³-hybridized carbons (Fsp3) is 0.538. The van der Waals surface area contributed by atoms with Gasteiger partial charge in [0.25, 0.3) is 0 Å². The summed E-state index contributed by atoms with van der Waals surface area (Å²) in [6, 6.07) is 6.50. The Hall–Kier alpha value is -1.40. The van der Waals surface area contributed by atoms with E-state index >= 15 is 0 Å². The summed E-state index contributed by atoms with van der Waals surface area (Å²) < 4.78 is 0. The lowest BCUT2D eigenvalue weighted by Crippen LogP contribution is -2.37. The van der Waals surface area contributed by atoms with Gasteiger partial charge in [0.05, 0.1) is 11.5 Å². The predicted octanol–water partition coefficient (Wildman–Crippen LogP) is 2.21.